The largest absolute Gasteiger partial charge is 0.481 e. The van der Waals surface area contributed by atoms with Crippen molar-refractivity contribution in [2.24, 2.45) is 5.92 Å². The maximum atomic E-state index is 13.4. The van der Waals surface area contributed by atoms with Gasteiger partial charge in [0.25, 0.3) is 0 Å². The minimum absolute atomic E-state index is 0.155. The van der Waals surface area contributed by atoms with Crippen LogP contribution in [0.1, 0.15) is 25.7 Å². The Balaban J connectivity index is 1.85. The van der Waals surface area contributed by atoms with Crippen molar-refractivity contribution in [3.05, 3.63) is 29.8 Å². The molecular weight excluding hydrogens is 282 g/mol. The average molecular weight is 298 g/mol. The number of benzene rings is 1. The molecule has 1 aromatic carbocycles. The summed E-state index contributed by atoms with van der Waals surface area (Å²) in [4.78, 5) is 22.5. The molecule has 1 fully saturated rings. The number of anilines is 1. The zero-order chi connectivity index (χ0) is 15.4. The van der Waals surface area contributed by atoms with Gasteiger partial charge in [-0.15, -0.1) is 0 Å². The number of nitrogens with one attached hydrogen (secondary N) is 2. The number of carboxylic acid groups (broad SMARTS) is 1. The maximum Gasteiger partial charge on any atom is 0.319 e. The van der Waals surface area contributed by atoms with Gasteiger partial charge in [-0.05, 0) is 37.8 Å². The van der Waals surface area contributed by atoms with Crippen molar-refractivity contribution in [2.45, 2.75) is 31.7 Å². The Bertz CT molecular complexity index is 543. The van der Waals surface area contributed by atoms with Gasteiger partial charge in [0.2, 0.25) is 0 Å². The van der Waals surface area contributed by atoms with Gasteiger partial charge in [-0.1, -0.05) is 0 Å². The predicted octanol–water partition coefficient (Wildman–Crippen LogP) is 2.73. The second kappa shape index (κ2) is 6.51. The summed E-state index contributed by atoms with van der Waals surface area (Å²) in [6, 6.07) is 2.01. The highest BCUT2D eigenvalue weighted by Gasteiger charge is 2.26. The lowest BCUT2D eigenvalue weighted by molar-refractivity contribution is -0.142. The van der Waals surface area contributed by atoms with Gasteiger partial charge in [0.15, 0.2) is 0 Å². The maximum absolute atomic E-state index is 13.4. The van der Waals surface area contributed by atoms with Crippen LogP contribution in [0.5, 0.6) is 0 Å². The fourth-order valence-corrected chi connectivity index (χ4v) is 2.42. The first-order chi connectivity index (χ1) is 9.95. The molecule has 114 valence electrons. The molecule has 0 heterocycles. The van der Waals surface area contributed by atoms with Crippen molar-refractivity contribution in [3.63, 3.8) is 0 Å². The monoisotopic (exact) mass is 298 g/mol. The molecule has 3 N–H and O–H groups in total. The summed E-state index contributed by atoms with van der Waals surface area (Å²) in [5.41, 5.74) is -0.230. The van der Waals surface area contributed by atoms with E-state index in [0.29, 0.717) is 25.7 Å². The Morgan fingerprint density at radius 2 is 1.81 bits per heavy atom. The fourth-order valence-electron chi connectivity index (χ4n) is 2.42. The molecule has 0 spiro atoms. The lowest BCUT2D eigenvalue weighted by Gasteiger charge is -2.26. The molecule has 2 rings (SSSR count). The Kier molecular flexibility index (Phi) is 4.72. The summed E-state index contributed by atoms with van der Waals surface area (Å²) in [5.74, 6) is -2.55. The third-order valence-corrected chi connectivity index (χ3v) is 3.59. The van der Waals surface area contributed by atoms with E-state index in [1.54, 1.807) is 0 Å². The summed E-state index contributed by atoms with van der Waals surface area (Å²) in [6.07, 6.45) is 2.09. The molecule has 0 radical (unpaired) electrons. The van der Waals surface area contributed by atoms with Gasteiger partial charge in [-0.25, -0.2) is 13.6 Å². The molecule has 0 saturated heterocycles. The molecule has 5 nitrogen and oxygen atoms in total. The van der Waals surface area contributed by atoms with E-state index in [9.17, 15) is 18.4 Å². The number of amides is 2. The zero-order valence-corrected chi connectivity index (χ0v) is 11.2. The van der Waals surface area contributed by atoms with Gasteiger partial charge in [0.05, 0.1) is 11.6 Å². The van der Waals surface area contributed by atoms with E-state index in [-0.39, 0.29) is 17.6 Å². The lowest BCUT2D eigenvalue weighted by Crippen LogP contribution is -2.41. The topological polar surface area (TPSA) is 78.4 Å². The van der Waals surface area contributed by atoms with Gasteiger partial charge in [0, 0.05) is 12.1 Å². The van der Waals surface area contributed by atoms with Crippen LogP contribution in [0.2, 0.25) is 0 Å². The Hall–Kier alpha value is -2.18. The predicted molar refractivity (Wildman–Crippen MR) is 71.9 cm³/mol. The van der Waals surface area contributed by atoms with Crippen molar-refractivity contribution >= 4 is 17.7 Å². The number of carbonyl (C=O) groups is 2. The van der Waals surface area contributed by atoms with Gasteiger partial charge in [-0.3, -0.25) is 4.79 Å². The van der Waals surface area contributed by atoms with Gasteiger partial charge in [-0.2, -0.15) is 0 Å². The van der Waals surface area contributed by atoms with E-state index in [2.05, 4.69) is 10.6 Å². The smallest absolute Gasteiger partial charge is 0.319 e. The van der Waals surface area contributed by atoms with Gasteiger partial charge >= 0.3 is 12.0 Å². The standard InChI is InChI=1S/C14H16F2N2O3/c15-9-3-6-11(16)12(7-9)18-14(21)17-10-4-1-8(2-5-10)13(19)20/h3,6-8,10H,1-2,4-5H2,(H,19,20)(H2,17,18,21). The molecule has 1 aromatic rings. The number of rotatable bonds is 3. The first-order valence-electron chi connectivity index (χ1n) is 6.71. The lowest BCUT2D eigenvalue weighted by atomic mass is 9.86. The van der Waals surface area contributed by atoms with Crippen LogP contribution in [-0.2, 0) is 4.79 Å². The molecule has 0 bridgehead atoms. The van der Waals surface area contributed by atoms with Crippen LogP contribution in [0.25, 0.3) is 0 Å². The molecule has 1 saturated carbocycles. The minimum Gasteiger partial charge on any atom is -0.481 e. The van der Waals surface area contributed by atoms with Crippen molar-refractivity contribution in [1.29, 1.82) is 0 Å². The molecule has 1 aliphatic rings. The fraction of sp³-hybridized carbons (Fsp3) is 0.429. The van der Waals surface area contributed by atoms with Crippen LogP contribution in [0.3, 0.4) is 0 Å². The third kappa shape index (κ3) is 4.14. The number of carboxylic acids is 1. The second-order valence-corrected chi connectivity index (χ2v) is 5.11. The van der Waals surface area contributed by atoms with E-state index in [0.717, 1.165) is 18.2 Å². The second-order valence-electron chi connectivity index (χ2n) is 5.11. The van der Waals surface area contributed by atoms with E-state index < -0.39 is 23.6 Å². The average Bonchev–Trinajstić information content (AvgIpc) is 2.43. The summed E-state index contributed by atoms with van der Waals surface area (Å²) >= 11 is 0. The third-order valence-electron chi connectivity index (χ3n) is 3.59. The summed E-state index contributed by atoms with van der Waals surface area (Å²) in [6.45, 7) is 0. The summed E-state index contributed by atoms with van der Waals surface area (Å²) in [5, 5.41) is 13.8. The van der Waals surface area contributed by atoms with Crippen molar-refractivity contribution in [3.8, 4) is 0 Å². The zero-order valence-electron chi connectivity index (χ0n) is 11.2. The van der Waals surface area contributed by atoms with Crippen LogP contribution in [0.15, 0.2) is 18.2 Å². The van der Waals surface area contributed by atoms with E-state index in [1.165, 1.54) is 0 Å². The molecule has 0 unspecified atom stereocenters. The van der Waals surface area contributed by atoms with Crippen molar-refractivity contribution < 1.29 is 23.5 Å². The quantitative estimate of drug-likeness (QED) is 0.803. The molecule has 0 atom stereocenters. The first kappa shape index (κ1) is 15.2. The normalized spacial score (nSPS) is 21.6. The van der Waals surface area contributed by atoms with Crippen LogP contribution >= 0.6 is 0 Å². The minimum atomic E-state index is -0.820. The SMILES string of the molecule is O=C(Nc1cc(F)ccc1F)NC1CCC(C(=O)O)CC1. The first-order valence-corrected chi connectivity index (χ1v) is 6.71. The van der Waals surface area contributed by atoms with Crippen LogP contribution < -0.4 is 10.6 Å². The van der Waals surface area contributed by atoms with E-state index in [1.807, 2.05) is 0 Å². The van der Waals surface area contributed by atoms with Crippen LogP contribution in [0.4, 0.5) is 19.3 Å². The molecule has 0 aromatic heterocycles. The number of carbonyl (C=O) groups excluding carboxylic acids is 1. The van der Waals surface area contributed by atoms with Crippen molar-refractivity contribution in [2.75, 3.05) is 5.32 Å². The Labute approximate surface area is 120 Å². The molecule has 0 aliphatic heterocycles. The van der Waals surface area contributed by atoms with Gasteiger partial charge in [0.1, 0.15) is 11.6 Å². The highest BCUT2D eigenvalue weighted by Crippen LogP contribution is 2.24. The number of aliphatic carboxylic acids is 1. The van der Waals surface area contributed by atoms with E-state index in [4.69, 9.17) is 5.11 Å². The van der Waals surface area contributed by atoms with Crippen LogP contribution in [0, 0.1) is 17.6 Å². The molecule has 21 heavy (non-hydrogen) atoms. The van der Waals surface area contributed by atoms with Crippen molar-refractivity contribution in [1.82, 2.24) is 5.32 Å². The number of hydrogen-bond acceptors (Lipinski definition) is 2. The highest BCUT2D eigenvalue weighted by molar-refractivity contribution is 5.89. The Morgan fingerprint density at radius 1 is 1.14 bits per heavy atom. The number of hydrogen-bond donors (Lipinski definition) is 3. The molecule has 2 amide bonds. The highest BCUT2D eigenvalue weighted by atomic mass is 19.1. The summed E-state index contributed by atoms with van der Waals surface area (Å²) < 4.78 is 26.4. The molecule has 1 aliphatic carbocycles. The Morgan fingerprint density at radius 3 is 2.43 bits per heavy atom. The van der Waals surface area contributed by atoms with Gasteiger partial charge < -0.3 is 15.7 Å². The summed E-state index contributed by atoms with van der Waals surface area (Å²) in [7, 11) is 0. The van der Waals surface area contributed by atoms with E-state index >= 15 is 0 Å². The number of halogens is 2. The molecule has 7 heteroatoms. The molecular formula is C14H16F2N2O3. The van der Waals surface area contributed by atoms with Crippen LogP contribution in [-0.4, -0.2) is 23.1 Å². The number of urea groups is 1.